The van der Waals surface area contributed by atoms with Crippen LogP contribution in [-0.4, -0.2) is 46.9 Å². The van der Waals surface area contributed by atoms with E-state index in [1.54, 1.807) is 146 Å². The third kappa shape index (κ3) is 9.56. The summed E-state index contributed by atoms with van der Waals surface area (Å²) in [5.74, 6) is -13.8. The minimum atomic E-state index is -3.19. The number of aliphatic imine (C=N–C) groups is 2. The number of benzene rings is 6. The van der Waals surface area contributed by atoms with Gasteiger partial charge in [-0.05, 0) is 58.7 Å². The fraction of sp³-hybridized carbons (Fsp3) is 0.0882. The predicted molar refractivity (Wildman–Crippen MR) is 315 cm³/mol. The minimum absolute atomic E-state index is 0.00251. The SMILES string of the molecule is N#CC(C#N)=C1/C(=N/C2=Cc3sc4c(c3C2(C(=O)OCc2ccccc2)C(=O)OCc2ccccc2)C(C(=O)OCc2ccccc2)(C(=O)OCc2ccccc2)c2cc(/N=C3\C(=O)c5cc(F)c(F)cc5C3=C(C#N)C#N)sc2-4)C(=O)c2cc(F)c(F)cc21. The highest BCUT2D eigenvalue weighted by molar-refractivity contribution is 7.25. The molecule has 0 bridgehead atoms. The Labute approximate surface area is 514 Å². The molecule has 0 saturated heterocycles. The van der Waals surface area contributed by atoms with Crippen LogP contribution in [0.15, 0.2) is 178 Å². The number of carbonyl (C=O) groups excluding carboxylic acids is 6. The Balaban J connectivity index is 1.17. The van der Waals surface area contributed by atoms with Crippen molar-refractivity contribution >= 4 is 91.8 Å². The first-order chi connectivity index (χ1) is 43.6. The molecule has 0 spiro atoms. The first-order valence-electron chi connectivity index (χ1n) is 26.8. The van der Waals surface area contributed by atoms with Gasteiger partial charge in [0.25, 0.3) is 0 Å². The van der Waals surface area contributed by atoms with E-state index in [4.69, 9.17) is 18.9 Å². The van der Waals surface area contributed by atoms with Gasteiger partial charge in [0, 0.05) is 55.0 Å². The topological polar surface area (TPSA) is 259 Å². The number of allylic oxidation sites excluding steroid dienone is 4. The maximum Gasteiger partial charge on any atom is 0.334 e. The molecule has 8 aromatic rings. The summed E-state index contributed by atoms with van der Waals surface area (Å²) in [6, 6.07) is 42.9. The van der Waals surface area contributed by atoms with Crippen molar-refractivity contribution in [1.82, 2.24) is 0 Å². The van der Waals surface area contributed by atoms with E-state index in [2.05, 4.69) is 9.98 Å². The molecule has 2 aromatic heterocycles. The number of nitriles is 4. The molecule has 436 valence electrons. The highest BCUT2D eigenvalue weighted by Crippen LogP contribution is 2.65. The molecule has 0 amide bonds. The lowest BCUT2D eigenvalue weighted by atomic mass is 9.70. The summed E-state index contributed by atoms with van der Waals surface area (Å²) in [7, 11) is 0. The molecule has 16 nitrogen and oxygen atoms in total. The normalized spacial score (nSPS) is 15.0. The van der Waals surface area contributed by atoms with Gasteiger partial charge in [-0.25, -0.2) is 27.5 Å². The van der Waals surface area contributed by atoms with E-state index in [1.807, 2.05) is 0 Å². The lowest BCUT2D eigenvalue weighted by molar-refractivity contribution is -0.167. The van der Waals surface area contributed by atoms with Crippen molar-refractivity contribution in [2.75, 3.05) is 0 Å². The molecule has 0 aliphatic heterocycles. The van der Waals surface area contributed by atoms with Gasteiger partial charge in [0.05, 0.1) is 15.5 Å². The molecule has 6 aromatic carbocycles. The Morgan fingerprint density at radius 1 is 0.444 bits per heavy atom. The fourth-order valence-electron chi connectivity index (χ4n) is 11.1. The Morgan fingerprint density at radius 3 is 1.18 bits per heavy atom. The van der Waals surface area contributed by atoms with E-state index in [-0.39, 0.29) is 30.8 Å². The summed E-state index contributed by atoms with van der Waals surface area (Å²) in [5, 5.41) is 40.8. The average molecular weight is 1240 g/mol. The number of ether oxygens (including phenoxy) is 4. The maximum atomic E-state index is 16.2. The molecule has 2 heterocycles. The number of nitrogens with zero attached hydrogens (tertiary/aromatic N) is 6. The Bertz CT molecular complexity index is 4690. The number of Topliss-reactive ketones (excluding diaryl/α,β-unsaturated/α-hetero) is 2. The van der Waals surface area contributed by atoms with E-state index >= 15 is 28.0 Å². The monoisotopic (exact) mass is 1230 g/mol. The van der Waals surface area contributed by atoms with E-state index in [0.29, 0.717) is 46.5 Å². The van der Waals surface area contributed by atoms with Crippen LogP contribution in [0, 0.1) is 68.6 Å². The number of thiophene rings is 2. The van der Waals surface area contributed by atoms with Crippen LogP contribution in [0.1, 0.15) is 75.7 Å². The number of ketones is 2. The van der Waals surface area contributed by atoms with E-state index in [1.165, 1.54) is 6.07 Å². The van der Waals surface area contributed by atoms with Crippen molar-refractivity contribution < 1.29 is 65.3 Å². The summed E-state index contributed by atoms with van der Waals surface area (Å²) >= 11 is 1.47. The third-order valence-corrected chi connectivity index (χ3v) is 17.5. The van der Waals surface area contributed by atoms with Crippen molar-refractivity contribution in [3.8, 4) is 34.0 Å². The Kier molecular flexibility index (Phi) is 15.3. The molecule has 90 heavy (non-hydrogen) atoms. The molecule has 0 fully saturated rings. The van der Waals surface area contributed by atoms with Gasteiger partial charge in [0.2, 0.25) is 22.4 Å². The van der Waals surface area contributed by atoms with E-state index in [0.717, 1.165) is 28.7 Å². The van der Waals surface area contributed by atoms with Crippen molar-refractivity contribution in [2.24, 2.45) is 9.98 Å². The molecule has 12 rings (SSSR count). The summed E-state index contributed by atoms with van der Waals surface area (Å²) in [6.07, 6.45) is 1.14. The molecule has 4 aliphatic carbocycles. The van der Waals surface area contributed by atoms with Crippen LogP contribution in [0.25, 0.3) is 27.0 Å². The first kappa shape index (κ1) is 58.6. The van der Waals surface area contributed by atoms with Gasteiger partial charge >= 0.3 is 23.9 Å². The second-order valence-corrected chi connectivity index (χ2v) is 22.4. The van der Waals surface area contributed by atoms with Crippen molar-refractivity contribution in [1.29, 1.82) is 21.0 Å². The van der Waals surface area contributed by atoms with Gasteiger partial charge in [-0.1, -0.05) is 121 Å². The van der Waals surface area contributed by atoms with Gasteiger partial charge in [-0.3, -0.25) is 28.8 Å². The number of fused-ring (bicyclic) bond motifs is 7. The Hall–Kier alpha value is -11.8. The summed E-state index contributed by atoms with van der Waals surface area (Å²) < 4.78 is 84.8. The highest BCUT2D eigenvalue weighted by atomic mass is 32.1. The van der Waals surface area contributed by atoms with Gasteiger partial charge < -0.3 is 18.9 Å². The molecule has 0 N–H and O–H groups in total. The second-order valence-electron chi connectivity index (χ2n) is 20.3. The molecule has 0 atom stereocenters. The molecule has 22 heteroatoms. The fourth-order valence-corrected chi connectivity index (χ4v) is 13.7. The molecule has 0 saturated carbocycles. The smallest absolute Gasteiger partial charge is 0.334 e. The van der Waals surface area contributed by atoms with E-state index < -0.39 is 163 Å². The zero-order valence-corrected chi connectivity index (χ0v) is 47.6. The lowest BCUT2D eigenvalue weighted by Crippen LogP contribution is -2.51. The predicted octanol–water partition coefficient (Wildman–Crippen LogP) is 12.1. The maximum absolute atomic E-state index is 16.2. The molecule has 0 radical (unpaired) electrons. The first-order valence-corrected chi connectivity index (χ1v) is 28.5. The van der Waals surface area contributed by atoms with Crippen LogP contribution in [0.3, 0.4) is 0 Å². The van der Waals surface area contributed by atoms with E-state index in [9.17, 15) is 39.4 Å². The summed E-state index contributed by atoms with van der Waals surface area (Å²) in [5.41, 5.74) is -12.4. The zero-order valence-electron chi connectivity index (χ0n) is 45.9. The standard InChI is InChI=1S/C68H34F4N6O10S2/c69-46-21-41-43(23-48(46)71)59(79)57(53(41)39(27-73)28-74)77-51-26-50-55(68(51,65(83)87-33-37-17-9-3-10-18-37)66(84)88-34-38-19-11-4-12-20-38)56-62(89-50)61-45(25-52(90-61)78-58-54(40(29-75)30-76)42-22-47(70)49(72)24-44(42)60(58)80)67(56,63(81)85-31-35-13-5-1-6-14-35)64(82)86-32-36-15-7-2-8-16-36/h1-26H,31-34H2/b77-57-,78-58-. The molecule has 0 unspecified atom stereocenters. The number of hydrogen-bond donors (Lipinski definition) is 0. The number of carbonyl (C=O) groups is 6. The lowest BCUT2D eigenvalue weighted by Gasteiger charge is -2.32. The number of esters is 4. The van der Waals surface area contributed by atoms with Gasteiger partial charge in [-0.15, -0.1) is 22.7 Å². The van der Waals surface area contributed by atoms with Crippen LogP contribution in [-0.2, 0) is 75.4 Å². The minimum Gasteiger partial charge on any atom is -0.459 e. The zero-order chi connectivity index (χ0) is 63.2. The van der Waals surface area contributed by atoms with Gasteiger partial charge in [0.15, 0.2) is 23.3 Å². The molecular formula is C68H34F4N6O10S2. The summed E-state index contributed by atoms with van der Waals surface area (Å²) in [4.78, 5) is 103. The van der Waals surface area contributed by atoms with Crippen molar-refractivity contribution in [2.45, 2.75) is 37.3 Å². The van der Waals surface area contributed by atoms with Crippen LogP contribution in [0.4, 0.5) is 22.6 Å². The number of halogens is 4. The highest BCUT2D eigenvalue weighted by Gasteiger charge is 2.68. The van der Waals surface area contributed by atoms with Gasteiger partial charge in [0.1, 0.15) is 78.3 Å². The van der Waals surface area contributed by atoms with Crippen LogP contribution in [0.5, 0.6) is 0 Å². The third-order valence-electron chi connectivity index (χ3n) is 15.2. The molecule has 4 aliphatic rings. The Morgan fingerprint density at radius 2 is 0.800 bits per heavy atom. The quantitative estimate of drug-likeness (QED) is 0.0322. The molecular weight excluding hydrogens is 1200 g/mol. The van der Waals surface area contributed by atoms with Crippen LogP contribution >= 0.6 is 22.7 Å². The van der Waals surface area contributed by atoms with Crippen molar-refractivity contribution in [3.63, 3.8) is 0 Å². The number of rotatable bonds is 14. The average Bonchev–Trinajstić information content (AvgIpc) is 1.49. The largest absolute Gasteiger partial charge is 0.459 e. The van der Waals surface area contributed by atoms with Crippen molar-refractivity contribution in [3.05, 3.63) is 258 Å². The summed E-state index contributed by atoms with van der Waals surface area (Å²) in [6.45, 7) is -2.19. The number of hydrogen-bond acceptors (Lipinski definition) is 18. The van der Waals surface area contributed by atoms with Crippen LogP contribution in [0.2, 0.25) is 0 Å². The van der Waals surface area contributed by atoms with Crippen LogP contribution < -0.4 is 0 Å². The van der Waals surface area contributed by atoms with Gasteiger partial charge in [-0.2, -0.15) is 21.0 Å². The second kappa shape index (κ2) is 23.5.